The number of ether oxygens (including phenoxy) is 3. The maximum absolute atomic E-state index is 12.0. The molecule has 1 aliphatic heterocycles. The van der Waals surface area contributed by atoms with Gasteiger partial charge in [-0.15, -0.1) is 5.11 Å². The Labute approximate surface area is 210 Å². The van der Waals surface area contributed by atoms with Crippen LogP contribution in [0.1, 0.15) is 16.7 Å². The number of morpholine rings is 1. The molecule has 10 nitrogen and oxygen atoms in total. The van der Waals surface area contributed by atoms with Crippen molar-refractivity contribution < 1.29 is 19.0 Å². The normalized spacial score (nSPS) is 13.6. The van der Waals surface area contributed by atoms with Gasteiger partial charge in [0.25, 0.3) is 0 Å². The lowest BCUT2D eigenvalue weighted by Gasteiger charge is -2.27. The number of anilines is 2. The van der Waals surface area contributed by atoms with Crippen molar-refractivity contribution in [2.75, 3.05) is 49.7 Å². The lowest BCUT2D eigenvalue weighted by Crippen LogP contribution is -2.36. The summed E-state index contributed by atoms with van der Waals surface area (Å²) in [7, 11) is 0. The van der Waals surface area contributed by atoms with E-state index in [0.717, 1.165) is 11.1 Å². The van der Waals surface area contributed by atoms with Gasteiger partial charge in [0, 0.05) is 24.8 Å². The smallest absolute Gasteiger partial charge is 0.411 e. The SMILES string of the molecule is Cc1ccc(NC(=O)OCCOc2nc(N=NCc3cccc(C)c3)cc(N3CCOCC3)n2)cc1. The van der Waals surface area contributed by atoms with E-state index in [2.05, 4.69) is 36.5 Å². The van der Waals surface area contributed by atoms with Gasteiger partial charge in [0.05, 0.1) is 19.8 Å². The molecule has 1 amide bonds. The predicted molar refractivity (Wildman–Crippen MR) is 136 cm³/mol. The van der Waals surface area contributed by atoms with Gasteiger partial charge < -0.3 is 19.1 Å². The third-order valence-electron chi connectivity index (χ3n) is 5.37. The van der Waals surface area contributed by atoms with E-state index in [1.165, 1.54) is 5.56 Å². The molecule has 188 valence electrons. The molecule has 0 spiro atoms. The number of hydrogen-bond donors (Lipinski definition) is 1. The van der Waals surface area contributed by atoms with Crippen LogP contribution >= 0.6 is 0 Å². The maximum Gasteiger partial charge on any atom is 0.411 e. The fraction of sp³-hybridized carbons (Fsp3) is 0.346. The van der Waals surface area contributed by atoms with Crippen molar-refractivity contribution in [3.05, 3.63) is 71.3 Å². The summed E-state index contributed by atoms with van der Waals surface area (Å²) in [6.07, 6.45) is -0.559. The Morgan fingerprint density at radius 3 is 2.61 bits per heavy atom. The van der Waals surface area contributed by atoms with Crippen molar-refractivity contribution in [3.8, 4) is 6.01 Å². The summed E-state index contributed by atoms with van der Waals surface area (Å²) >= 11 is 0. The predicted octanol–water partition coefficient (Wildman–Crippen LogP) is 4.84. The van der Waals surface area contributed by atoms with E-state index >= 15 is 0 Å². The van der Waals surface area contributed by atoms with Crippen LogP contribution in [0.3, 0.4) is 0 Å². The highest BCUT2D eigenvalue weighted by atomic mass is 16.6. The van der Waals surface area contributed by atoms with Crippen LogP contribution < -0.4 is 15.0 Å². The minimum absolute atomic E-state index is 0.0348. The van der Waals surface area contributed by atoms with Crippen molar-refractivity contribution >= 4 is 23.4 Å². The Morgan fingerprint density at radius 1 is 1.03 bits per heavy atom. The lowest BCUT2D eigenvalue weighted by molar-refractivity contribution is 0.122. The van der Waals surface area contributed by atoms with Gasteiger partial charge in [-0.2, -0.15) is 15.1 Å². The average molecular weight is 491 g/mol. The number of nitrogens with zero attached hydrogens (tertiary/aromatic N) is 5. The number of aryl methyl sites for hydroxylation is 2. The summed E-state index contributed by atoms with van der Waals surface area (Å²) in [5, 5.41) is 11.3. The highest BCUT2D eigenvalue weighted by Gasteiger charge is 2.16. The van der Waals surface area contributed by atoms with Gasteiger partial charge in [-0.3, -0.25) is 5.32 Å². The molecular formula is C26H30N6O4. The number of aromatic nitrogens is 2. The van der Waals surface area contributed by atoms with Crippen LogP contribution in [0.15, 0.2) is 64.8 Å². The highest BCUT2D eigenvalue weighted by molar-refractivity contribution is 5.84. The van der Waals surface area contributed by atoms with Crippen molar-refractivity contribution in [2.45, 2.75) is 20.4 Å². The molecule has 0 unspecified atom stereocenters. The first-order valence-corrected chi connectivity index (χ1v) is 11.8. The lowest BCUT2D eigenvalue weighted by atomic mass is 10.1. The monoisotopic (exact) mass is 490 g/mol. The van der Waals surface area contributed by atoms with Crippen molar-refractivity contribution in [1.29, 1.82) is 0 Å². The molecule has 1 aromatic heterocycles. The van der Waals surface area contributed by atoms with E-state index in [0.29, 0.717) is 50.2 Å². The van der Waals surface area contributed by atoms with E-state index in [-0.39, 0.29) is 19.2 Å². The number of azo groups is 1. The molecule has 0 saturated carbocycles. The van der Waals surface area contributed by atoms with E-state index in [1.807, 2.05) is 56.3 Å². The summed E-state index contributed by atoms with van der Waals surface area (Å²) < 4.78 is 16.3. The number of rotatable bonds is 9. The quantitative estimate of drug-likeness (QED) is 0.337. The van der Waals surface area contributed by atoms with Gasteiger partial charge in [0.15, 0.2) is 5.82 Å². The third kappa shape index (κ3) is 7.74. The van der Waals surface area contributed by atoms with E-state index in [1.54, 1.807) is 6.07 Å². The second kappa shape index (κ2) is 12.6. The van der Waals surface area contributed by atoms with Crippen LogP contribution in [0.25, 0.3) is 0 Å². The Morgan fingerprint density at radius 2 is 1.83 bits per heavy atom. The zero-order valence-electron chi connectivity index (χ0n) is 20.5. The maximum atomic E-state index is 12.0. The van der Waals surface area contributed by atoms with Crippen molar-refractivity contribution in [2.24, 2.45) is 10.2 Å². The molecule has 1 N–H and O–H groups in total. The first-order valence-electron chi connectivity index (χ1n) is 11.8. The summed E-state index contributed by atoms with van der Waals surface area (Å²) in [4.78, 5) is 23.0. The molecule has 1 aliphatic rings. The number of benzene rings is 2. The zero-order chi connectivity index (χ0) is 25.2. The van der Waals surface area contributed by atoms with E-state index < -0.39 is 6.09 Å². The Bertz CT molecular complexity index is 1180. The summed E-state index contributed by atoms with van der Waals surface area (Å²) in [5.74, 6) is 1.08. The topological polar surface area (TPSA) is 111 Å². The Kier molecular flexibility index (Phi) is 8.77. The standard InChI is InChI=1S/C26H30N6O4/c1-19-6-8-22(9-7-19)28-26(33)36-15-14-35-25-29-23(17-24(30-25)32-10-12-34-13-11-32)31-27-18-21-5-3-4-20(2)16-21/h3-9,16-17H,10-15,18H2,1-2H3,(H,28,33). The minimum atomic E-state index is -0.559. The zero-order valence-corrected chi connectivity index (χ0v) is 20.5. The fourth-order valence-electron chi connectivity index (χ4n) is 3.53. The molecule has 10 heteroatoms. The Hall–Kier alpha value is -4.05. The molecule has 36 heavy (non-hydrogen) atoms. The summed E-state index contributed by atoms with van der Waals surface area (Å²) in [6.45, 7) is 7.24. The molecule has 0 radical (unpaired) electrons. The second-order valence-corrected chi connectivity index (χ2v) is 8.33. The number of nitrogens with one attached hydrogen (secondary N) is 1. The first kappa shape index (κ1) is 25.1. The van der Waals surface area contributed by atoms with Gasteiger partial charge in [-0.25, -0.2) is 4.79 Å². The van der Waals surface area contributed by atoms with Crippen LogP contribution in [0.4, 0.5) is 22.1 Å². The van der Waals surface area contributed by atoms with Gasteiger partial charge in [-0.05, 0) is 31.5 Å². The van der Waals surface area contributed by atoms with Crippen LogP contribution in [0.5, 0.6) is 6.01 Å². The van der Waals surface area contributed by atoms with Crippen LogP contribution in [0, 0.1) is 13.8 Å². The molecule has 0 aliphatic carbocycles. The summed E-state index contributed by atoms with van der Waals surface area (Å²) in [5.41, 5.74) is 4.01. The second-order valence-electron chi connectivity index (χ2n) is 8.33. The molecule has 1 saturated heterocycles. The molecule has 3 aromatic rings. The number of amides is 1. The van der Waals surface area contributed by atoms with Gasteiger partial charge >= 0.3 is 12.1 Å². The molecular weight excluding hydrogens is 460 g/mol. The Balaban J connectivity index is 1.35. The molecule has 0 atom stereocenters. The average Bonchev–Trinajstić information content (AvgIpc) is 2.88. The van der Waals surface area contributed by atoms with Crippen LogP contribution in [-0.2, 0) is 16.0 Å². The fourth-order valence-corrected chi connectivity index (χ4v) is 3.53. The minimum Gasteiger partial charge on any atom is -0.460 e. The van der Waals surface area contributed by atoms with Crippen LogP contribution in [-0.4, -0.2) is 55.6 Å². The highest BCUT2D eigenvalue weighted by Crippen LogP contribution is 2.23. The van der Waals surface area contributed by atoms with Crippen molar-refractivity contribution in [1.82, 2.24) is 9.97 Å². The van der Waals surface area contributed by atoms with Gasteiger partial charge in [0.2, 0.25) is 0 Å². The van der Waals surface area contributed by atoms with Gasteiger partial charge in [-0.1, -0.05) is 47.5 Å². The molecule has 2 aromatic carbocycles. The molecule has 2 heterocycles. The van der Waals surface area contributed by atoms with Crippen molar-refractivity contribution in [3.63, 3.8) is 0 Å². The number of carbonyl (C=O) groups excluding carboxylic acids is 1. The summed E-state index contributed by atoms with van der Waals surface area (Å²) in [6, 6.07) is 17.5. The number of carbonyl (C=O) groups is 1. The van der Waals surface area contributed by atoms with E-state index in [4.69, 9.17) is 14.2 Å². The molecule has 4 rings (SSSR count). The largest absolute Gasteiger partial charge is 0.460 e. The van der Waals surface area contributed by atoms with E-state index in [9.17, 15) is 4.79 Å². The number of hydrogen-bond acceptors (Lipinski definition) is 9. The molecule has 0 bridgehead atoms. The third-order valence-corrected chi connectivity index (χ3v) is 5.37. The first-order chi connectivity index (χ1) is 17.5. The van der Waals surface area contributed by atoms with Crippen LogP contribution in [0.2, 0.25) is 0 Å². The van der Waals surface area contributed by atoms with Gasteiger partial charge in [0.1, 0.15) is 19.0 Å². The molecule has 1 fully saturated rings.